The van der Waals surface area contributed by atoms with E-state index in [1.54, 1.807) is 0 Å². The first-order valence-corrected chi connectivity index (χ1v) is 7.83. The fourth-order valence-corrected chi connectivity index (χ4v) is 3.53. The summed E-state index contributed by atoms with van der Waals surface area (Å²) in [6.07, 6.45) is 0.937. The molecule has 20 heavy (non-hydrogen) atoms. The summed E-state index contributed by atoms with van der Waals surface area (Å²) in [5.41, 5.74) is 2.49. The fourth-order valence-electron chi connectivity index (χ4n) is 2.52. The summed E-state index contributed by atoms with van der Waals surface area (Å²) in [6, 6.07) is 20.9. The van der Waals surface area contributed by atoms with Crippen LogP contribution in [0.25, 0.3) is 0 Å². The van der Waals surface area contributed by atoms with Crippen LogP contribution in [0.15, 0.2) is 60.7 Å². The molecule has 1 aliphatic heterocycles. The highest BCUT2D eigenvalue weighted by atomic mass is 32.2. The number of carbonyl (C=O) groups excluding carboxylic acids is 1. The van der Waals surface area contributed by atoms with Crippen molar-refractivity contribution in [2.24, 2.45) is 0 Å². The SMILES string of the molecule is O=C1SC[C@H](Cc2ccccc2)N1Cc1ccccc1. The molecule has 0 spiro atoms. The molecule has 1 aliphatic rings. The van der Waals surface area contributed by atoms with Gasteiger partial charge in [0.05, 0.1) is 0 Å². The molecule has 0 aromatic heterocycles. The normalized spacial score (nSPS) is 18.5. The zero-order chi connectivity index (χ0) is 13.8. The molecule has 3 rings (SSSR count). The Bertz CT molecular complexity index is 570. The number of carbonyl (C=O) groups is 1. The van der Waals surface area contributed by atoms with Crippen molar-refractivity contribution in [2.75, 3.05) is 5.75 Å². The number of hydrogen-bond donors (Lipinski definition) is 0. The van der Waals surface area contributed by atoms with Gasteiger partial charge in [0.2, 0.25) is 0 Å². The standard InChI is InChI=1S/C17H17NOS/c19-17-18(12-15-9-5-2-6-10-15)16(13-20-17)11-14-7-3-1-4-8-14/h1-10,16H,11-13H2/t16-/m0/s1. The summed E-state index contributed by atoms with van der Waals surface area (Å²) in [6.45, 7) is 0.712. The molecular weight excluding hydrogens is 266 g/mol. The Morgan fingerprint density at radius 1 is 0.950 bits per heavy atom. The number of amides is 1. The van der Waals surface area contributed by atoms with Gasteiger partial charge in [-0.3, -0.25) is 4.79 Å². The molecule has 2 aromatic rings. The minimum Gasteiger partial charge on any atom is -0.325 e. The maximum Gasteiger partial charge on any atom is 0.282 e. The van der Waals surface area contributed by atoms with Crippen LogP contribution in [0.3, 0.4) is 0 Å². The van der Waals surface area contributed by atoms with Crippen molar-refractivity contribution in [3.63, 3.8) is 0 Å². The van der Waals surface area contributed by atoms with Gasteiger partial charge >= 0.3 is 0 Å². The van der Waals surface area contributed by atoms with Crippen LogP contribution >= 0.6 is 11.8 Å². The van der Waals surface area contributed by atoms with Gasteiger partial charge in [0.25, 0.3) is 5.24 Å². The molecule has 0 unspecified atom stereocenters. The summed E-state index contributed by atoms with van der Waals surface area (Å²) < 4.78 is 0. The molecule has 2 nitrogen and oxygen atoms in total. The second kappa shape index (κ2) is 6.14. The summed E-state index contributed by atoms with van der Waals surface area (Å²) >= 11 is 1.44. The lowest BCUT2D eigenvalue weighted by molar-refractivity contribution is 0.207. The number of benzene rings is 2. The van der Waals surface area contributed by atoms with Crippen LogP contribution in [0.1, 0.15) is 11.1 Å². The molecule has 0 aliphatic carbocycles. The van der Waals surface area contributed by atoms with E-state index in [1.165, 1.54) is 22.9 Å². The van der Waals surface area contributed by atoms with E-state index < -0.39 is 0 Å². The van der Waals surface area contributed by atoms with Crippen molar-refractivity contribution in [3.8, 4) is 0 Å². The van der Waals surface area contributed by atoms with Crippen LogP contribution in [0, 0.1) is 0 Å². The highest BCUT2D eigenvalue weighted by molar-refractivity contribution is 8.13. The minimum atomic E-state index is 0.204. The molecule has 1 heterocycles. The van der Waals surface area contributed by atoms with Crippen LogP contribution in [0.2, 0.25) is 0 Å². The monoisotopic (exact) mass is 283 g/mol. The second-order valence-corrected chi connectivity index (χ2v) is 6.01. The molecule has 0 N–H and O–H groups in total. The number of thioether (sulfide) groups is 1. The summed E-state index contributed by atoms with van der Waals surface area (Å²) in [7, 11) is 0. The lowest BCUT2D eigenvalue weighted by Crippen LogP contribution is -2.34. The van der Waals surface area contributed by atoms with E-state index in [9.17, 15) is 4.79 Å². The third kappa shape index (κ3) is 3.05. The van der Waals surface area contributed by atoms with E-state index in [0.717, 1.165) is 12.2 Å². The maximum absolute atomic E-state index is 12.1. The van der Waals surface area contributed by atoms with Gasteiger partial charge in [0.1, 0.15) is 0 Å². The number of hydrogen-bond acceptors (Lipinski definition) is 2. The van der Waals surface area contributed by atoms with Crippen molar-refractivity contribution in [1.82, 2.24) is 4.90 Å². The van der Waals surface area contributed by atoms with E-state index >= 15 is 0 Å². The molecule has 1 fully saturated rings. The lowest BCUT2D eigenvalue weighted by atomic mass is 10.1. The van der Waals surface area contributed by atoms with Crippen LogP contribution in [0.4, 0.5) is 4.79 Å². The summed E-state index contributed by atoms with van der Waals surface area (Å²) in [5, 5.41) is 0.204. The summed E-state index contributed by atoms with van der Waals surface area (Å²) in [4.78, 5) is 14.1. The number of rotatable bonds is 4. The molecule has 0 radical (unpaired) electrons. The Morgan fingerprint density at radius 3 is 2.20 bits per heavy atom. The fraction of sp³-hybridized carbons (Fsp3) is 0.235. The van der Waals surface area contributed by atoms with E-state index in [1.807, 2.05) is 29.2 Å². The Kier molecular flexibility index (Phi) is 4.07. The third-order valence-electron chi connectivity index (χ3n) is 3.58. The van der Waals surface area contributed by atoms with Crippen molar-refractivity contribution in [1.29, 1.82) is 0 Å². The van der Waals surface area contributed by atoms with Crippen molar-refractivity contribution in [3.05, 3.63) is 71.8 Å². The quantitative estimate of drug-likeness (QED) is 0.846. The zero-order valence-electron chi connectivity index (χ0n) is 11.2. The predicted octanol–water partition coefficient (Wildman–Crippen LogP) is 3.97. The molecule has 1 saturated heterocycles. The molecule has 1 amide bonds. The first kappa shape index (κ1) is 13.3. The van der Waals surface area contributed by atoms with E-state index in [-0.39, 0.29) is 5.24 Å². The largest absolute Gasteiger partial charge is 0.325 e. The molecule has 2 aromatic carbocycles. The van der Waals surface area contributed by atoms with Gasteiger partial charge in [-0.25, -0.2) is 0 Å². The summed E-state index contributed by atoms with van der Waals surface area (Å²) in [5.74, 6) is 0.889. The van der Waals surface area contributed by atoms with Crippen LogP contribution in [0.5, 0.6) is 0 Å². The second-order valence-electron chi connectivity index (χ2n) is 5.03. The Morgan fingerprint density at radius 2 is 1.55 bits per heavy atom. The topological polar surface area (TPSA) is 20.3 Å². The minimum absolute atomic E-state index is 0.204. The third-order valence-corrected chi connectivity index (χ3v) is 4.62. The van der Waals surface area contributed by atoms with Crippen LogP contribution in [-0.2, 0) is 13.0 Å². The van der Waals surface area contributed by atoms with Gasteiger partial charge in [-0.05, 0) is 17.5 Å². The number of nitrogens with zero attached hydrogens (tertiary/aromatic N) is 1. The Hall–Kier alpha value is -1.74. The van der Waals surface area contributed by atoms with E-state index in [0.29, 0.717) is 12.6 Å². The van der Waals surface area contributed by atoms with Crippen molar-refractivity contribution < 1.29 is 4.79 Å². The van der Waals surface area contributed by atoms with Gasteiger partial charge in [0, 0.05) is 18.3 Å². The van der Waals surface area contributed by atoms with Crippen LogP contribution in [-0.4, -0.2) is 21.9 Å². The average Bonchev–Trinajstić information content (AvgIpc) is 2.83. The first-order valence-electron chi connectivity index (χ1n) is 6.84. The molecule has 102 valence electrons. The van der Waals surface area contributed by atoms with Gasteiger partial charge in [-0.1, -0.05) is 72.4 Å². The van der Waals surface area contributed by atoms with Gasteiger partial charge in [-0.15, -0.1) is 0 Å². The molecule has 0 saturated carbocycles. The predicted molar refractivity (Wildman–Crippen MR) is 83.8 cm³/mol. The van der Waals surface area contributed by atoms with Gasteiger partial charge in [0.15, 0.2) is 0 Å². The molecule has 0 bridgehead atoms. The van der Waals surface area contributed by atoms with E-state index in [4.69, 9.17) is 0 Å². The maximum atomic E-state index is 12.1. The van der Waals surface area contributed by atoms with Crippen molar-refractivity contribution in [2.45, 2.75) is 19.0 Å². The van der Waals surface area contributed by atoms with Crippen molar-refractivity contribution >= 4 is 17.0 Å². The molecular formula is C17H17NOS. The average molecular weight is 283 g/mol. The molecule has 1 atom stereocenters. The Labute approximate surface area is 123 Å². The van der Waals surface area contributed by atoms with Gasteiger partial charge in [-0.2, -0.15) is 0 Å². The smallest absolute Gasteiger partial charge is 0.282 e. The highest BCUT2D eigenvalue weighted by Gasteiger charge is 2.31. The lowest BCUT2D eigenvalue weighted by Gasteiger charge is -2.24. The Balaban J connectivity index is 1.72. The molecule has 3 heteroatoms. The first-order chi connectivity index (χ1) is 9.83. The van der Waals surface area contributed by atoms with Crippen LogP contribution < -0.4 is 0 Å². The highest BCUT2D eigenvalue weighted by Crippen LogP contribution is 2.28. The van der Waals surface area contributed by atoms with E-state index in [2.05, 4.69) is 36.4 Å². The zero-order valence-corrected chi connectivity index (χ0v) is 12.1. The van der Waals surface area contributed by atoms with Gasteiger partial charge < -0.3 is 4.90 Å².